The Morgan fingerprint density at radius 3 is 2.40 bits per heavy atom. The van der Waals surface area contributed by atoms with Gasteiger partial charge in [0.15, 0.2) is 10.9 Å². The highest BCUT2D eigenvalue weighted by molar-refractivity contribution is 7.99. The van der Waals surface area contributed by atoms with E-state index in [-0.39, 0.29) is 22.4 Å². The van der Waals surface area contributed by atoms with Gasteiger partial charge in [0, 0.05) is 16.8 Å². The van der Waals surface area contributed by atoms with Crippen LogP contribution in [0.5, 0.6) is 0 Å². The van der Waals surface area contributed by atoms with Gasteiger partial charge in [-0.3, -0.25) is 9.59 Å². The van der Waals surface area contributed by atoms with E-state index < -0.39 is 17.8 Å². The first kappa shape index (κ1) is 21.5. The number of hydrogen-bond donors (Lipinski definition) is 1. The van der Waals surface area contributed by atoms with Crippen molar-refractivity contribution in [2.45, 2.75) is 18.3 Å². The Bertz CT molecular complexity index is 1070. The van der Waals surface area contributed by atoms with E-state index in [4.69, 9.17) is 0 Å². The van der Waals surface area contributed by atoms with Gasteiger partial charge in [-0.2, -0.15) is 13.2 Å². The fourth-order valence-electron chi connectivity index (χ4n) is 2.53. The summed E-state index contributed by atoms with van der Waals surface area (Å²) in [7, 11) is 0. The zero-order valence-corrected chi connectivity index (χ0v) is 16.6. The molecule has 3 aromatic rings. The van der Waals surface area contributed by atoms with E-state index in [1.54, 1.807) is 48.5 Å². The maximum Gasteiger partial charge on any atom is 0.433 e. The van der Waals surface area contributed by atoms with Crippen LogP contribution in [0.3, 0.4) is 0 Å². The molecular weight excluding hydrogens is 415 g/mol. The second kappa shape index (κ2) is 9.08. The van der Waals surface area contributed by atoms with Crippen molar-refractivity contribution in [2.24, 2.45) is 0 Å². The molecule has 0 aliphatic carbocycles. The lowest BCUT2D eigenvalue weighted by molar-refractivity contribution is -0.141. The number of nitrogens with one attached hydrogen (secondary N) is 1. The number of aromatic nitrogens is 2. The zero-order chi connectivity index (χ0) is 21.7. The number of thioether (sulfide) groups is 1. The minimum Gasteiger partial charge on any atom is -0.325 e. The summed E-state index contributed by atoms with van der Waals surface area (Å²) < 4.78 is 39.7. The van der Waals surface area contributed by atoms with E-state index in [1.807, 2.05) is 0 Å². The highest BCUT2D eigenvalue weighted by Crippen LogP contribution is 2.32. The van der Waals surface area contributed by atoms with Gasteiger partial charge >= 0.3 is 6.18 Å². The summed E-state index contributed by atoms with van der Waals surface area (Å²) in [5, 5.41) is 2.45. The molecule has 0 spiro atoms. The molecule has 0 fully saturated rings. The Labute approximate surface area is 174 Å². The van der Waals surface area contributed by atoms with Crippen molar-refractivity contribution >= 4 is 29.1 Å². The van der Waals surface area contributed by atoms with Gasteiger partial charge in [-0.15, -0.1) is 0 Å². The molecule has 5 nitrogen and oxygen atoms in total. The van der Waals surface area contributed by atoms with Gasteiger partial charge in [0.1, 0.15) is 5.69 Å². The van der Waals surface area contributed by atoms with Crippen molar-refractivity contribution in [3.63, 3.8) is 0 Å². The number of amides is 1. The molecule has 0 aliphatic heterocycles. The van der Waals surface area contributed by atoms with Crippen molar-refractivity contribution < 1.29 is 22.8 Å². The number of alkyl halides is 3. The number of nitrogens with zero attached hydrogens (tertiary/aromatic N) is 2. The van der Waals surface area contributed by atoms with Crippen LogP contribution in [-0.4, -0.2) is 27.4 Å². The summed E-state index contributed by atoms with van der Waals surface area (Å²) in [6.07, 6.45) is -4.64. The number of benzene rings is 2. The molecule has 154 valence electrons. The Hall–Kier alpha value is -3.20. The molecule has 3 rings (SSSR count). The first-order chi connectivity index (χ1) is 14.2. The third-order valence-electron chi connectivity index (χ3n) is 3.95. The fourth-order valence-corrected chi connectivity index (χ4v) is 3.19. The molecule has 0 aliphatic rings. The molecule has 0 saturated heterocycles. The molecule has 2 aromatic carbocycles. The number of ketones is 1. The number of halogens is 3. The lowest BCUT2D eigenvalue weighted by Gasteiger charge is -2.11. The van der Waals surface area contributed by atoms with Gasteiger partial charge < -0.3 is 5.32 Å². The number of hydrogen-bond acceptors (Lipinski definition) is 5. The molecule has 0 unspecified atom stereocenters. The maximum atomic E-state index is 13.2. The Morgan fingerprint density at radius 2 is 1.73 bits per heavy atom. The summed E-state index contributed by atoms with van der Waals surface area (Å²) in [4.78, 5) is 31.3. The largest absolute Gasteiger partial charge is 0.433 e. The highest BCUT2D eigenvalue weighted by Gasteiger charge is 2.34. The number of rotatable bonds is 6. The normalized spacial score (nSPS) is 11.2. The van der Waals surface area contributed by atoms with E-state index in [0.29, 0.717) is 16.8 Å². The molecule has 0 saturated carbocycles. The van der Waals surface area contributed by atoms with Crippen LogP contribution in [0.1, 0.15) is 23.0 Å². The topological polar surface area (TPSA) is 72.0 Å². The van der Waals surface area contributed by atoms with Crippen LogP contribution >= 0.6 is 11.8 Å². The van der Waals surface area contributed by atoms with E-state index >= 15 is 0 Å². The average Bonchev–Trinajstić information content (AvgIpc) is 2.72. The second-order valence-corrected chi connectivity index (χ2v) is 7.20. The van der Waals surface area contributed by atoms with Crippen LogP contribution in [0.2, 0.25) is 0 Å². The van der Waals surface area contributed by atoms with Gasteiger partial charge in [0.2, 0.25) is 5.91 Å². The van der Waals surface area contributed by atoms with Gasteiger partial charge in [-0.05, 0) is 25.1 Å². The molecular formula is C21H16F3N3O2S. The van der Waals surface area contributed by atoms with E-state index in [1.165, 1.54) is 13.0 Å². The summed E-state index contributed by atoms with van der Waals surface area (Å²) in [6.45, 7) is 1.41. The van der Waals surface area contributed by atoms with Crippen molar-refractivity contribution in [1.29, 1.82) is 0 Å². The number of Topliss-reactive ketones (excluding diaryl/α,β-unsaturated/α-hetero) is 1. The summed E-state index contributed by atoms with van der Waals surface area (Å²) in [5.41, 5.74) is 0.415. The average molecular weight is 431 g/mol. The summed E-state index contributed by atoms with van der Waals surface area (Å²) in [6, 6.07) is 15.7. The molecule has 1 N–H and O–H groups in total. The Balaban J connectivity index is 1.76. The highest BCUT2D eigenvalue weighted by atomic mass is 32.2. The third-order valence-corrected chi connectivity index (χ3v) is 4.80. The quantitative estimate of drug-likeness (QED) is 0.334. The standard InChI is InChI=1S/C21H16F3N3O2S/c1-13(28)15-8-5-9-16(10-15)25-19(29)12-30-20-26-17(14-6-3-2-4-7-14)11-18(27-20)21(22,23)24/h2-11H,12H2,1H3,(H,25,29). The van der Waals surface area contributed by atoms with Crippen molar-refractivity contribution in [3.8, 4) is 11.3 Å². The summed E-state index contributed by atoms with van der Waals surface area (Å²) in [5.74, 6) is -0.797. The molecule has 0 atom stereocenters. The smallest absolute Gasteiger partial charge is 0.325 e. The number of carbonyl (C=O) groups excluding carboxylic acids is 2. The lowest BCUT2D eigenvalue weighted by atomic mass is 10.1. The van der Waals surface area contributed by atoms with Crippen LogP contribution in [0.4, 0.5) is 18.9 Å². The minimum absolute atomic E-state index is 0.120. The van der Waals surface area contributed by atoms with Crippen molar-refractivity contribution in [2.75, 3.05) is 11.1 Å². The van der Waals surface area contributed by atoms with Crippen LogP contribution in [0, 0.1) is 0 Å². The monoisotopic (exact) mass is 431 g/mol. The minimum atomic E-state index is -4.64. The van der Waals surface area contributed by atoms with Gasteiger partial charge in [0.25, 0.3) is 0 Å². The zero-order valence-electron chi connectivity index (χ0n) is 15.7. The van der Waals surface area contributed by atoms with E-state index in [0.717, 1.165) is 17.8 Å². The molecule has 9 heteroatoms. The predicted molar refractivity (Wildman–Crippen MR) is 108 cm³/mol. The molecule has 30 heavy (non-hydrogen) atoms. The van der Waals surface area contributed by atoms with Crippen LogP contribution < -0.4 is 5.32 Å². The number of anilines is 1. The first-order valence-corrected chi connectivity index (χ1v) is 9.76. The van der Waals surface area contributed by atoms with E-state index in [9.17, 15) is 22.8 Å². The third kappa shape index (κ3) is 5.66. The summed E-state index contributed by atoms with van der Waals surface area (Å²) >= 11 is 0.796. The van der Waals surface area contributed by atoms with Crippen molar-refractivity contribution in [3.05, 3.63) is 71.9 Å². The van der Waals surface area contributed by atoms with Crippen molar-refractivity contribution in [1.82, 2.24) is 9.97 Å². The Morgan fingerprint density at radius 1 is 1.00 bits per heavy atom. The lowest BCUT2D eigenvalue weighted by Crippen LogP contribution is -2.15. The van der Waals surface area contributed by atoms with E-state index in [2.05, 4.69) is 15.3 Å². The molecule has 0 bridgehead atoms. The Kier molecular flexibility index (Phi) is 6.51. The molecule has 0 radical (unpaired) electrons. The second-order valence-electron chi connectivity index (χ2n) is 6.26. The molecule has 1 heterocycles. The van der Waals surface area contributed by atoms with Crippen LogP contribution in [0.15, 0.2) is 65.8 Å². The first-order valence-electron chi connectivity index (χ1n) is 8.78. The SMILES string of the molecule is CC(=O)c1cccc(NC(=O)CSc2nc(-c3ccccc3)cc(C(F)(F)F)n2)c1. The van der Waals surface area contributed by atoms with Gasteiger partial charge in [-0.25, -0.2) is 9.97 Å². The molecule has 1 aromatic heterocycles. The van der Waals surface area contributed by atoms with Gasteiger partial charge in [0.05, 0.1) is 11.4 Å². The maximum absolute atomic E-state index is 13.2. The van der Waals surface area contributed by atoms with Gasteiger partial charge in [-0.1, -0.05) is 54.2 Å². The van der Waals surface area contributed by atoms with Crippen LogP contribution in [-0.2, 0) is 11.0 Å². The predicted octanol–water partition coefficient (Wildman–Crippen LogP) is 5.10. The fraction of sp³-hybridized carbons (Fsp3) is 0.143. The van der Waals surface area contributed by atoms with Crippen LogP contribution in [0.25, 0.3) is 11.3 Å². The molecule has 1 amide bonds. The number of carbonyl (C=O) groups is 2.